The molecule has 0 spiro atoms. The van der Waals surface area contributed by atoms with E-state index in [-0.39, 0.29) is 0 Å². The maximum Gasteiger partial charge on any atom is 0.148 e. The maximum absolute atomic E-state index is 5.53. The number of aryl methyl sites for hydroxylation is 1. The van der Waals surface area contributed by atoms with Gasteiger partial charge in [-0.15, -0.1) is 0 Å². The third-order valence-corrected chi connectivity index (χ3v) is 4.61. The lowest BCUT2D eigenvalue weighted by molar-refractivity contribution is 0.397. The molecular weight excluding hydrogens is 286 g/mol. The van der Waals surface area contributed by atoms with Gasteiger partial charge in [-0.3, -0.25) is 0 Å². The molecular formula is C20H29NO2. The van der Waals surface area contributed by atoms with Gasteiger partial charge in [0.2, 0.25) is 0 Å². The Morgan fingerprint density at radius 2 is 1.87 bits per heavy atom. The number of rotatable bonds is 8. The number of nitrogens with zero attached hydrogens (tertiary/aromatic N) is 1. The van der Waals surface area contributed by atoms with E-state index in [1.165, 1.54) is 36.9 Å². The van der Waals surface area contributed by atoms with Gasteiger partial charge in [0.1, 0.15) is 17.0 Å². The molecule has 2 rings (SSSR count). The van der Waals surface area contributed by atoms with E-state index in [4.69, 9.17) is 14.5 Å². The van der Waals surface area contributed by atoms with Gasteiger partial charge in [0.15, 0.2) is 0 Å². The molecule has 0 aliphatic carbocycles. The number of pyridine rings is 1. The van der Waals surface area contributed by atoms with Gasteiger partial charge in [0.05, 0.1) is 14.2 Å². The lowest BCUT2D eigenvalue weighted by Crippen LogP contribution is -2.06. The van der Waals surface area contributed by atoms with Gasteiger partial charge in [0, 0.05) is 17.1 Å². The summed E-state index contributed by atoms with van der Waals surface area (Å²) >= 11 is 0. The van der Waals surface area contributed by atoms with E-state index in [0.717, 1.165) is 28.8 Å². The minimum Gasteiger partial charge on any atom is -0.497 e. The van der Waals surface area contributed by atoms with Crippen LogP contribution in [0.15, 0.2) is 18.2 Å². The Morgan fingerprint density at radius 1 is 1.09 bits per heavy atom. The van der Waals surface area contributed by atoms with Crippen molar-refractivity contribution in [1.29, 1.82) is 0 Å². The molecule has 0 amide bonds. The van der Waals surface area contributed by atoms with E-state index in [1.807, 2.05) is 12.1 Å². The van der Waals surface area contributed by atoms with Crippen molar-refractivity contribution in [3.63, 3.8) is 0 Å². The molecule has 0 bridgehead atoms. The molecule has 0 saturated carbocycles. The van der Waals surface area contributed by atoms with E-state index in [2.05, 4.69) is 26.8 Å². The first-order valence-electron chi connectivity index (χ1n) is 8.65. The van der Waals surface area contributed by atoms with Crippen LogP contribution in [0, 0.1) is 12.8 Å². The van der Waals surface area contributed by atoms with Gasteiger partial charge in [-0.2, -0.15) is 0 Å². The van der Waals surface area contributed by atoms with Crippen molar-refractivity contribution in [1.82, 2.24) is 4.98 Å². The standard InChI is InChI=1S/C20H29NO2/c1-6-8-9-15(7-2)11-16-10-14(3)18-12-17(22-4)13-19(23-5)20(18)21-16/h10,12-13,15H,6-9,11H2,1-5H3. The molecule has 0 fully saturated rings. The number of hydrogen-bond acceptors (Lipinski definition) is 3. The number of fused-ring (bicyclic) bond motifs is 1. The lowest BCUT2D eigenvalue weighted by Gasteiger charge is -2.16. The van der Waals surface area contributed by atoms with Crippen molar-refractivity contribution in [2.75, 3.05) is 14.2 Å². The highest BCUT2D eigenvalue weighted by Crippen LogP contribution is 2.32. The summed E-state index contributed by atoms with van der Waals surface area (Å²) in [5, 5.41) is 1.10. The number of ether oxygens (including phenoxy) is 2. The van der Waals surface area contributed by atoms with Crippen molar-refractivity contribution < 1.29 is 9.47 Å². The van der Waals surface area contributed by atoms with E-state index in [0.29, 0.717) is 5.92 Å². The average molecular weight is 315 g/mol. The number of methoxy groups -OCH3 is 2. The molecule has 1 aromatic carbocycles. The van der Waals surface area contributed by atoms with E-state index < -0.39 is 0 Å². The zero-order valence-electron chi connectivity index (χ0n) is 15.1. The van der Waals surface area contributed by atoms with Crippen molar-refractivity contribution >= 4 is 10.9 Å². The highest BCUT2D eigenvalue weighted by molar-refractivity contribution is 5.89. The lowest BCUT2D eigenvalue weighted by atomic mass is 9.93. The molecule has 0 N–H and O–H groups in total. The molecule has 0 aliphatic rings. The first kappa shape index (κ1) is 17.6. The Hall–Kier alpha value is -1.77. The van der Waals surface area contributed by atoms with Crippen LogP contribution in [0.2, 0.25) is 0 Å². The van der Waals surface area contributed by atoms with Gasteiger partial charge in [0.25, 0.3) is 0 Å². The monoisotopic (exact) mass is 315 g/mol. The Labute approximate surface area is 140 Å². The van der Waals surface area contributed by atoms with Crippen LogP contribution < -0.4 is 9.47 Å². The normalized spacial score (nSPS) is 12.4. The molecule has 3 heteroatoms. The van der Waals surface area contributed by atoms with Crippen molar-refractivity contribution in [3.05, 3.63) is 29.5 Å². The van der Waals surface area contributed by atoms with Crippen LogP contribution in [0.4, 0.5) is 0 Å². The van der Waals surface area contributed by atoms with Gasteiger partial charge < -0.3 is 9.47 Å². The zero-order chi connectivity index (χ0) is 16.8. The molecule has 0 saturated heterocycles. The SMILES string of the molecule is CCCCC(CC)Cc1cc(C)c2cc(OC)cc(OC)c2n1. The van der Waals surface area contributed by atoms with Crippen LogP contribution in [-0.2, 0) is 6.42 Å². The molecule has 2 aromatic rings. The molecule has 3 nitrogen and oxygen atoms in total. The fourth-order valence-electron chi connectivity index (χ4n) is 3.12. The van der Waals surface area contributed by atoms with Crippen molar-refractivity contribution in [3.8, 4) is 11.5 Å². The second-order valence-electron chi connectivity index (χ2n) is 6.28. The van der Waals surface area contributed by atoms with Crippen molar-refractivity contribution in [2.45, 2.75) is 52.9 Å². The molecule has 126 valence electrons. The fraction of sp³-hybridized carbons (Fsp3) is 0.550. The summed E-state index contributed by atoms with van der Waals surface area (Å²) in [7, 11) is 3.37. The van der Waals surface area contributed by atoms with E-state index in [9.17, 15) is 0 Å². The summed E-state index contributed by atoms with van der Waals surface area (Å²) in [6, 6.07) is 6.17. The highest BCUT2D eigenvalue weighted by Gasteiger charge is 2.13. The van der Waals surface area contributed by atoms with Gasteiger partial charge >= 0.3 is 0 Å². The maximum atomic E-state index is 5.53. The molecule has 0 radical (unpaired) electrons. The molecule has 1 heterocycles. The number of aromatic nitrogens is 1. The third-order valence-electron chi connectivity index (χ3n) is 4.61. The smallest absolute Gasteiger partial charge is 0.148 e. The summed E-state index contributed by atoms with van der Waals surface area (Å²) in [6.45, 7) is 6.67. The largest absolute Gasteiger partial charge is 0.497 e. The molecule has 1 aromatic heterocycles. The van der Waals surface area contributed by atoms with Crippen LogP contribution in [0.5, 0.6) is 11.5 Å². The predicted octanol–water partition coefficient (Wildman–Crippen LogP) is 5.32. The third kappa shape index (κ3) is 4.15. The summed E-state index contributed by atoms with van der Waals surface area (Å²) in [5.41, 5.74) is 3.34. The first-order valence-corrected chi connectivity index (χ1v) is 8.65. The summed E-state index contributed by atoms with van der Waals surface area (Å²) in [5.74, 6) is 2.30. The van der Waals surface area contributed by atoms with E-state index in [1.54, 1.807) is 14.2 Å². The summed E-state index contributed by atoms with van der Waals surface area (Å²) in [4.78, 5) is 4.90. The van der Waals surface area contributed by atoms with Gasteiger partial charge in [-0.25, -0.2) is 4.98 Å². The Morgan fingerprint density at radius 3 is 2.48 bits per heavy atom. The zero-order valence-corrected chi connectivity index (χ0v) is 15.1. The van der Waals surface area contributed by atoms with Gasteiger partial charge in [-0.1, -0.05) is 39.5 Å². The topological polar surface area (TPSA) is 31.4 Å². The fourth-order valence-corrected chi connectivity index (χ4v) is 3.12. The number of unbranched alkanes of at least 4 members (excludes halogenated alkanes) is 1. The quantitative estimate of drug-likeness (QED) is 0.660. The van der Waals surface area contributed by atoms with E-state index >= 15 is 0 Å². The number of benzene rings is 1. The average Bonchev–Trinajstić information content (AvgIpc) is 2.57. The number of hydrogen-bond donors (Lipinski definition) is 0. The Balaban J connectivity index is 2.39. The van der Waals surface area contributed by atoms with Crippen LogP contribution in [0.25, 0.3) is 10.9 Å². The summed E-state index contributed by atoms with van der Waals surface area (Å²) < 4.78 is 10.9. The Kier molecular flexibility index (Phi) is 6.26. The van der Waals surface area contributed by atoms with Gasteiger partial charge in [-0.05, 0) is 37.0 Å². The molecule has 1 unspecified atom stereocenters. The summed E-state index contributed by atoms with van der Waals surface area (Å²) in [6.07, 6.45) is 6.09. The Bertz CT molecular complexity index is 652. The van der Waals surface area contributed by atoms with Crippen LogP contribution in [0.3, 0.4) is 0 Å². The second kappa shape index (κ2) is 8.19. The van der Waals surface area contributed by atoms with Crippen LogP contribution in [-0.4, -0.2) is 19.2 Å². The van der Waals surface area contributed by atoms with Crippen molar-refractivity contribution in [2.24, 2.45) is 5.92 Å². The molecule has 0 aliphatic heterocycles. The van der Waals surface area contributed by atoms with Crippen LogP contribution in [0.1, 0.15) is 50.8 Å². The highest BCUT2D eigenvalue weighted by atomic mass is 16.5. The van der Waals surface area contributed by atoms with Crippen LogP contribution >= 0.6 is 0 Å². The predicted molar refractivity (Wildman–Crippen MR) is 96.6 cm³/mol. The minimum atomic E-state index is 0.712. The molecule has 23 heavy (non-hydrogen) atoms. The first-order chi connectivity index (χ1) is 11.1. The minimum absolute atomic E-state index is 0.712. The molecule has 1 atom stereocenters. The second-order valence-corrected chi connectivity index (χ2v) is 6.28.